The van der Waals surface area contributed by atoms with Crippen molar-refractivity contribution >= 4 is 11.3 Å². The molecule has 0 aliphatic heterocycles. The van der Waals surface area contributed by atoms with E-state index in [2.05, 4.69) is 24.0 Å². The minimum absolute atomic E-state index is 0.110. The summed E-state index contributed by atoms with van der Waals surface area (Å²) in [6.07, 6.45) is 4.40. The Morgan fingerprint density at radius 3 is 2.93 bits per heavy atom. The van der Waals surface area contributed by atoms with Gasteiger partial charge in [-0.2, -0.15) is 0 Å². The van der Waals surface area contributed by atoms with Crippen LogP contribution in [0, 0.1) is 0 Å². The maximum absolute atomic E-state index is 4.89. The number of nitrogens with zero attached hydrogens (tertiary/aromatic N) is 2. The van der Waals surface area contributed by atoms with Crippen LogP contribution in [0.4, 0.5) is 0 Å². The Labute approximate surface area is 86.8 Å². The number of hydrogen-bond donors (Lipinski definition) is 0. The van der Waals surface area contributed by atoms with E-state index >= 15 is 0 Å². The van der Waals surface area contributed by atoms with Crippen molar-refractivity contribution in [1.82, 2.24) is 10.1 Å². The lowest BCUT2D eigenvalue weighted by Gasteiger charge is -2.22. The minimum Gasteiger partial charge on any atom is -0.364 e. The fourth-order valence-electron chi connectivity index (χ4n) is 1.44. The van der Waals surface area contributed by atoms with E-state index in [1.54, 1.807) is 17.6 Å². The summed E-state index contributed by atoms with van der Waals surface area (Å²) in [6.45, 7) is 4.28. The number of hydrogen-bond acceptors (Lipinski definition) is 4. The predicted molar refractivity (Wildman–Crippen MR) is 55.4 cm³/mol. The summed E-state index contributed by atoms with van der Waals surface area (Å²) in [6, 6.07) is 1.91. The molecule has 4 heteroatoms. The molecule has 1 atom stereocenters. The van der Waals surface area contributed by atoms with Crippen LogP contribution in [-0.2, 0) is 5.41 Å². The highest BCUT2D eigenvalue weighted by atomic mass is 32.1. The monoisotopic (exact) mass is 208 g/mol. The summed E-state index contributed by atoms with van der Waals surface area (Å²) >= 11 is 1.66. The first-order valence-corrected chi connectivity index (χ1v) is 5.46. The second-order valence-electron chi connectivity index (χ2n) is 3.41. The molecule has 74 valence electrons. The van der Waals surface area contributed by atoms with Gasteiger partial charge in [-0.1, -0.05) is 12.1 Å². The van der Waals surface area contributed by atoms with Crippen molar-refractivity contribution in [2.24, 2.45) is 0 Å². The molecule has 0 aromatic carbocycles. The molecule has 0 saturated carbocycles. The normalized spacial score (nSPS) is 15.3. The van der Waals surface area contributed by atoms with E-state index in [1.165, 1.54) is 0 Å². The fourth-order valence-corrected chi connectivity index (χ4v) is 2.32. The molecule has 0 spiro atoms. The minimum atomic E-state index is -0.110. The highest BCUT2D eigenvalue weighted by Gasteiger charge is 2.32. The molecule has 2 heterocycles. The summed E-state index contributed by atoms with van der Waals surface area (Å²) in [5, 5.41) is 7.09. The standard InChI is InChI=1S/C10H12N2OS/c1-3-10(2,8-4-6-13-12-8)9-11-5-7-14-9/h4-7H,3H2,1-2H3. The molecule has 0 radical (unpaired) electrons. The van der Waals surface area contributed by atoms with Gasteiger partial charge in [-0.05, 0) is 13.3 Å². The Morgan fingerprint density at radius 2 is 2.43 bits per heavy atom. The van der Waals surface area contributed by atoms with Crippen LogP contribution < -0.4 is 0 Å². The third kappa shape index (κ3) is 1.35. The van der Waals surface area contributed by atoms with Crippen molar-refractivity contribution in [3.63, 3.8) is 0 Å². The molecule has 1 unspecified atom stereocenters. The van der Waals surface area contributed by atoms with Crippen molar-refractivity contribution in [3.8, 4) is 0 Å². The molecular weight excluding hydrogens is 196 g/mol. The first-order valence-electron chi connectivity index (χ1n) is 4.58. The van der Waals surface area contributed by atoms with Gasteiger partial charge in [-0.15, -0.1) is 11.3 Å². The van der Waals surface area contributed by atoms with Crippen LogP contribution in [0.1, 0.15) is 31.0 Å². The van der Waals surface area contributed by atoms with Crippen molar-refractivity contribution in [2.75, 3.05) is 0 Å². The van der Waals surface area contributed by atoms with Gasteiger partial charge in [-0.25, -0.2) is 4.98 Å². The van der Waals surface area contributed by atoms with Gasteiger partial charge >= 0.3 is 0 Å². The maximum Gasteiger partial charge on any atom is 0.124 e. The molecule has 0 bridgehead atoms. The molecule has 0 saturated heterocycles. The lowest BCUT2D eigenvalue weighted by atomic mass is 9.85. The van der Waals surface area contributed by atoms with Crippen LogP contribution in [-0.4, -0.2) is 10.1 Å². The van der Waals surface area contributed by atoms with E-state index in [4.69, 9.17) is 4.52 Å². The lowest BCUT2D eigenvalue weighted by molar-refractivity contribution is 0.389. The zero-order chi connectivity index (χ0) is 10.0. The average Bonchev–Trinajstić information content (AvgIpc) is 2.88. The van der Waals surface area contributed by atoms with Crippen LogP contribution in [0.2, 0.25) is 0 Å². The molecule has 0 N–H and O–H groups in total. The first kappa shape index (κ1) is 9.40. The number of rotatable bonds is 3. The molecule has 0 amide bonds. The summed E-state index contributed by atoms with van der Waals surface area (Å²) in [7, 11) is 0. The molecule has 14 heavy (non-hydrogen) atoms. The summed E-state index contributed by atoms with van der Waals surface area (Å²) in [5.74, 6) is 0. The quantitative estimate of drug-likeness (QED) is 0.778. The third-order valence-electron chi connectivity index (χ3n) is 2.61. The van der Waals surface area contributed by atoms with Gasteiger partial charge in [-0.3, -0.25) is 0 Å². The van der Waals surface area contributed by atoms with Crippen LogP contribution in [0.15, 0.2) is 28.4 Å². The molecule has 2 rings (SSSR count). The van der Waals surface area contributed by atoms with Crippen LogP contribution in [0.3, 0.4) is 0 Å². The van der Waals surface area contributed by atoms with E-state index in [-0.39, 0.29) is 5.41 Å². The van der Waals surface area contributed by atoms with Gasteiger partial charge in [0.25, 0.3) is 0 Å². The number of aromatic nitrogens is 2. The summed E-state index contributed by atoms with van der Waals surface area (Å²) in [4.78, 5) is 4.35. The zero-order valence-electron chi connectivity index (χ0n) is 8.23. The summed E-state index contributed by atoms with van der Waals surface area (Å²) in [5.41, 5.74) is 0.844. The molecule has 2 aromatic rings. The molecular formula is C10H12N2OS. The third-order valence-corrected chi connectivity index (χ3v) is 3.65. The van der Waals surface area contributed by atoms with E-state index in [0.717, 1.165) is 17.1 Å². The Morgan fingerprint density at radius 1 is 1.57 bits per heavy atom. The van der Waals surface area contributed by atoms with Crippen LogP contribution in [0.25, 0.3) is 0 Å². The SMILES string of the molecule is CCC(C)(c1ccon1)c1nccs1. The largest absolute Gasteiger partial charge is 0.364 e. The van der Waals surface area contributed by atoms with Crippen LogP contribution >= 0.6 is 11.3 Å². The molecule has 0 aliphatic rings. The lowest BCUT2D eigenvalue weighted by Crippen LogP contribution is -2.22. The first-order chi connectivity index (χ1) is 6.77. The summed E-state index contributed by atoms with van der Waals surface area (Å²) < 4.78 is 4.89. The number of thiazole rings is 1. The maximum atomic E-state index is 4.89. The van der Waals surface area contributed by atoms with Crippen molar-refractivity contribution < 1.29 is 4.52 Å². The van der Waals surface area contributed by atoms with Gasteiger partial charge in [0.1, 0.15) is 11.3 Å². The second-order valence-corrected chi connectivity index (χ2v) is 4.30. The van der Waals surface area contributed by atoms with E-state index in [9.17, 15) is 0 Å². The smallest absolute Gasteiger partial charge is 0.124 e. The predicted octanol–water partition coefficient (Wildman–Crippen LogP) is 2.85. The Balaban J connectivity index is 2.45. The van der Waals surface area contributed by atoms with E-state index < -0.39 is 0 Å². The van der Waals surface area contributed by atoms with Gasteiger partial charge < -0.3 is 4.52 Å². The van der Waals surface area contributed by atoms with E-state index in [1.807, 2.05) is 17.6 Å². The molecule has 2 aromatic heterocycles. The highest BCUT2D eigenvalue weighted by Crippen LogP contribution is 2.34. The Kier molecular flexibility index (Phi) is 2.37. The zero-order valence-corrected chi connectivity index (χ0v) is 9.04. The Hall–Kier alpha value is -1.16. The van der Waals surface area contributed by atoms with Gasteiger partial charge in [0.2, 0.25) is 0 Å². The second kappa shape index (κ2) is 3.53. The highest BCUT2D eigenvalue weighted by molar-refractivity contribution is 7.09. The van der Waals surface area contributed by atoms with Crippen molar-refractivity contribution in [1.29, 1.82) is 0 Å². The average molecular weight is 208 g/mol. The van der Waals surface area contributed by atoms with Gasteiger partial charge in [0, 0.05) is 17.6 Å². The Bertz CT molecular complexity index is 346. The topological polar surface area (TPSA) is 38.9 Å². The van der Waals surface area contributed by atoms with Crippen molar-refractivity contribution in [3.05, 3.63) is 34.6 Å². The molecule has 0 fully saturated rings. The van der Waals surface area contributed by atoms with Gasteiger partial charge in [0.15, 0.2) is 0 Å². The van der Waals surface area contributed by atoms with E-state index in [0.29, 0.717) is 0 Å². The van der Waals surface area contributed by atoms with Crippen LogP contribution in [0.5, 0.6) is 0 Å². The van der Waals surface area contributed by atoms with Crippen molar-refractivity contribution in [2.45, 2.75) is 25.7 Å². The molecule has 0 aliphatic carbocycles. The fraction of sp³-hybridized carbons (Fsp3) is 0.400. The molecule has 3 nitrogen and oxygen atoms in total. The van der Waals surface area contributed by atoms with Gasteiger partial charge in [0.05, 0.1) is 11.1 Å².